The predicted octanol–water partition coefficient (Wildman–Crippen LogP) is 8.43. The van der Waals surface area contributed by atoms with Crippen molar-refractivity contribution in [3.8, 4) is 11.1 Å². The van der Waals surface area contributed by atoms with E-state index in [0.29, 0.717) is 5.92 Å². The Morgan fingerprint density at radius 1 is 0.900 bits per heavy atom. The van der Waals surface area contributed by atoms with Crippen LogP contribution < -0.4 is 0 Å². The van der Waals surface area contributed by atoms with Crippen molar-refractivity contribution in [3.05, 3.63) is 89.2 Å². The van der Waals surface area contributed by atoms with Gasteiger partial charge >= 0.3 is 26.2 Å². The molecule has 2 atom stereocenters. The molecule has 0 fully saturated rings. The quantitative estimate of drug-likeness (QED) is 0.294. The molecular formula is C27H40NSiZr. The summed E-state index contributed by atoms with van der Waals surface area (Å²) in [7, 11) is 0.750. The van der Waals surface area contributed by atoms with Gasteiger partial charge in [0, 0.05) is 9.52 Å². The van der Waals surface area contributed by atoms with Crippen molar-refractivity contribution >= 4 is 9.52 Å². The molecular weight excluding hydrogens is 458 g/mol. The summed E-state index contributed by atoms with van der Waals surface area (Å²) in [6.07, 6.45) is 4.33. The molecule has 0 saturated heterocycles. The van der Waals surface area contributed by atoms with Crippen molar-refractivity contribution in [2.45, 2.75) is 67.1 Å². The minimum Gasteiger partial charge on any atom is -0.675 e. The number of hydrogen-bond donors (Lipinski definition) is 0. The van der Waals surface area contributed by atoms with Gasteiger partial charge in [-0.3, -0.25) is 6.08 Å². The molecule has 0 saturated carbocycles. The van der Waals surface area contributed by atoms with Crippen molar-refractivity contribution in [2.75, 3.05) is 0 Å². The van der Waals surface area contributed by atoms with Crippen LogP contribution in [0.25, 0.3) is 16.9 Å². The summed E-state index contributed by atoms with van der Waals surface area (Å²) in [6.45, 7) is 17.0. The molecule has 1 N–H and O–H groups in total. The van der Waals surface area contributed by atoms with Crippen LogP contribution in [0.4, 0.5) is 0 Å². The van der Waals surface area contributed by atoms with Gasteiger partial charge in [0.2, 0.25) is 0 Å². The van der Waals surface area contributed by atoms with Crippen LogP contribution >= 0.6 is 0 Å². The third kappa shape index (κ3) is 13.3. The van der Waals surface area contributed by atoms with E-state index in [1.54, 1.807) is 0 Å². The summed E-state index contributed by atoms with van der Waals surface area (Å²) >= 11 is 0. The molecule has 1 aliphatic carbocycles. The topological polar surface area (TPSA) is 23.8 Å². The van der Waals surface area contributed by atoms with Gasteiger partial charge < -0.3 is 5.73 Å². The Morgan fingerprint density at radius 2 is 1.23 bits per heavy atom. The minimum absolute atomic E-state index is 0. The summed E-state index contributed by atoms with van der Waals surface area (Å²) in [4.78, 5) is 0. The molecule has 0 spiro atoms. The first-order valence-corrected chi connectivity index (χ1v) is 12.9. The van der Waals surface area contributed by atoms with E-state index in [1.165, 1.54) is 27.8 Å². The maximum Gasteiger partial charge on any atom is 2.00 e. The Morgan fingerprint density at radius 3 is 1.40 bits per heavy atom. The molecule has 2 unspecified atom stereocenters. The van der Waals surface area contributed by atoms with Crippen LogP contribution in [0.1, 0.15) is 48.0 Å². The molecule has 3 rings (SSSR count). The average Bonchev–Trinajstić information content (AvgIpc) is 2.96. The average molecular weight is 498 g/mol. The zero-order valence-electron chi connectivity index (χ0n) is 20.2. The Kier molecular flexibility index (Phi) is 19.5. The van der Waals surface area contributed by atoms with Gasteiger partial charge in [-0.2, -0.15) is 11.1 Å². The van der Waals surface area contributed by atoms with Crippen molar-refractivity contribution in [3.63, 3.8) is 0 Å². The molecule has 2 aromatic carbocycles. The summed E-state index contributed by atoms with van der Waals surface area (Å²) < 4.78 is 0. The van der Waals surface area contributed by atoms with E-state index in [1.807, 2.05) is 26.0 Å². The maximum absolute atomic E-state index is 6.83. The van der Waals surface area contributed by atoms with Gasteiger partial charge in [-0.1, -0.05) is 121 Å². The molecule has 0 bridgehead atoms. The third-order valence-corrected chi connectivity index (χ3v) is 4.73. The standard InChI is InChI=1S/C12H10.C9H13.C4H10N.C2H7Si.Zr/c1-3-7-11(8-4-1)12-9-5-2-6-10-12;1-6-5-7(2)9(4)8(6)3;1-3-4(2)5;1-3-2;/h1-10H;6H,1-4H3;4-5H,3H2,1-2H3;3H,1-2H3;/q;2*-1;;+2. The molecule has 0 aliphatic heterocycles. The number of hydrogen-bond acceptors (Lipinski definition) is 0. The maximum atomic E-state index is 6.83. The second-order valence-corrected chi connectivity index (χ2v) is 8.57. The molecule has 1 radical (unpaired) electrons. The van der Waals surface area contributed by atoms with Crippen LogP contribution in [0.15, 0.2) is 77.4 Å². The third-order valence-electron chi connectivity index (χ3n) is 4.73. The Bertz CT molecular complexity index is 684. The second-order valence-electron chi connectivity index (χ2n) is 7.42. The molecule has 161 valence electrons. The van der Waals surface area contributed by atoms with Gasteiger partial charge in [0.25, 0.3) is 0 Å². The molecule has 1 aliphatic rings. The van der Waals surface area contributed by atoms with Gasteiger partial charge in [0.1, 0.15) is 0 Å². The van der Waals surface area contributed by atoms with E-state index < -0.39 is 0 Å². The normalized spacial score (nSPS) is 15.1. The summed E-state index contributed by atoms with van der Waals surface area (Å²) in [6, 6.07) is 20.9. The van der Waals surface area contributed by atoms with E-state index in [4.69, 9.17) is 5.73 Å². The van der Waals surface area contributed by atoms with Gasteiger partial charge in [-0.15, -0.1) is 13.0 Å². The second kappa shape index (κ2) is 18.7. The van der Waals surface area contributed by atoms with E-state index in [9.17, 15) is 0 Å². The van der Waals surface area contributed by atoms with E-state index in [0.717, 1.165) is 15.9 Å². The Hall–Kier alpha value is -1.02. The Labute approximate surface area is 208 Å². The van der Waals surface area contributed by atoms with Crippen LogP contribution in [-0.4, -0.2) is 15.6 Å². The molecule has 3 heteroatoms. The fraction of sp³-hybridized carbons (Fsp3) is 0.407. The number of benzene rings is 2. The monoisotopic (exact) mass is 496 g/mol. The van der Waals surface area contributed by atoms with Crippen molar-refractivity contribution in [2.24, 2.45) is 5.92 Å². The summed E-state index contributed by atoms with van der Waals surface area (Å²) in [5, 5.41) is 0. The van der Waals surface area contributed by atoms with Gasteiger partial charge in [-0.05, 0) is 11.1 Å². The van der Waals surface area contributed by atoms with Gasteiger partial charge in [-0.25, -0.2) is 5.57 Å². The van der Waals surface area contributed by atoms with Gasteiger partial charge in [0.05, 0.1) is 0 Å². The van der Waals surface area contributed by atoms with E-state index in [-0.39, 0.29) is 32.2 Å². The van der Waals surface area contributed by atoms with Crippen molar-refractivity contribution in [1.82, 2.24) is 0 Å². The zero-order valence-corrected chi connectivity index (χ0v) is 23.8. The van der Waals surface area contributed by atoms with E-state index in [2.05, 4.69) is 95.4 Å². The molecule has 2 aromatic rings. The molecule has 30 heavy (non-hydrogen) atoms. The summed E-state index contributed by atoms with van der Waals surface area (Å²) in [5.74, 6) is 0.560. The first-order valence-electron chi connectivity index (χ1n) is 10.6. The predicted molar refractivity (Wildman–Crippen MR) is 135 cm³/mol. The van der Waals surface area contributed by atoms with Crippen LogP contribution in [-0.2, 0) is 26.2 Å². The molecule has 0 heterocycles. The SMILES string of the molecule is CC1=[C-]C(C)C(C)=C1C.CCC(C)[NH-].C[SiH]C.[Zr+2].c1ccc(-c2ccccc2)cc1. The molecule has 0 amide bonds. The number of rotatable bonds is 2. The van der Waals surface area contributed by atoms with Crippen LogP contribution in [0.3, 0.4) is 0 Å². The summed E-state index contributed by atoms with van der Waals surface area (Å²) in [5.41, 5.74) is 13.6. The number of allylic oxidation sites excluding steroid dienone is 4. The largest absolute Gasteiger partial charge is 2.00 e. The smallest absolute Gasteiger partial charge is 0.675 e. The number of nitrogens with one attached hydrogen (secondary N) is 1. The van der Waals surface area contributed by atoms with Crippen LogP contribution in [0, 0.1) is 12.0 Å². The fourth-order valence-corrected chi connectivity index (χ4v) is 2.42. The van der Waals surface area contributed by atoms with E-state index >= 15 is 0 Å². The van der Waals surface area contributed by atoms with Crippen LogP contribution in [0.5, 0.6) is 0 Å². The van der Waals surface area contributed by atoms with Crippen molar-refractivity contribution in [1.29, 1.82) is 0 Å². The van der Waals surface area contributed by atoms with Crippen LogP contribution in [0.2, 0.25) is 13.1 Å². The molecule has 0 aromatic heterocycles. The minimum atomic E-state index is 0. The first-order chi connectivity index (χ1) is 13.8. The first kappa shape index (κ1) is 31.2. The Balaban J connectivity index is 0. The fourth-order valence-electron chi connectivity index (χ4n) is 2.42. The molecule has 1 nitrogen and oxygen atoms in total. The van der Waals surface area contributed by atoms with Crippen molar-refractivity contribution < 1.29 is 26.2 Å². The zero-order chi connectivity index (χ0) is 22.2. The van der Waals surface area contributed by atoms with Gasteiger partial charge in [0.15, 0.2) is 0 Å².